The van der Waals surface area contributed by atoms with Gasteiger partial charge in [0.2, 0.25) is 0 Å². The van der Waals surface area contributed by atoms with E-state index in [9.17, 15) is 9.90 Å². The van der Waals surface area contributed by atoms with Crippen LogP contribution in [0.3, 0.4) is 0 Å². The highest BCUT2D eigenvalue weighted by molar-refractivity contribution is 5.71. The first kappa shape index (κ1) is 23.9. The Morgan fingerprint density at radius 3 is 2.50 bits per heavy atom. The van der Waals surface area contributed by atoms with E-state index >= 15 is 0 Å². The van der Waals surface area contributed by atoms with Crippen molar-refractivity contribution >= 4 is 5.97 Å². The van der Waals surface area contributed by atoms with Crippen molar-refractivity contribution in [3.05, 3.63) is 41.2 Å². The highest BCUT2D eigenvalue weighted by atomic mass is 16.5. The molecule has 0 radical (unpaired) electrons. The van der Waals surface area contributed by atoms with Crippen LogP contribution in [0.4, 0.5) is 0 Å². The molecule has 1 aromatic carbocycles. The van der Waals surface area contributed by atoms with Crippen LogP contribution >= 0.6 is 0 Å². The fraction of sp³-hybridized carbons (Fsp3) is 0.619. The third kappa shape index (κ3) is 7.81. The van der Waals surface area contributed by atoms with Gasteiger partial charge >= 0.3 is 5.97 Å². The fourth-order valence-corrected chi connectivity index (χ4v) is 3.34. The maximum atomic E-state index is 11.8. The van der Waals surface area contributed by atoms with Gasteiger partial charge in [0, 0.05) is 26.1 Å². The van der Waals surface area contributed by atoms with Gasteiger partial charge in [-0.1, -0.05) is 42.8 Å². The summed E-state index contributed by atoms with van der Waals surface area (Å²) in [7, 11) is 3.74. The number of rotatable bonds is 15. The van der Waals surface area contributed by atoms with Gasteiger partial charge in [-0.15, -0.1) is 10.2 Å². The Hall–Kier alpha value is -2.36. The molecule has 0 bridgehead atoms. The van der Waals surface area contributed by atoms with Crippen molar-refractivity contribution in [2.75, 3.05) is 40.5 Å². The lowest BCUT2D eigenvalue weighted by Crippen LogP contribution is -2.26. The van der Waals surface area contributed by atoms with E-state index in [4.69, 9.17) is 9.47 Å². The number of carboxylic acids is 1. The monoisotopic (exact) mass is 419 g/mol. The average Bonchev–Trinajstić information content (AvgIpc) is 3.27. The van der Waals surface area contributed by atoms with Crippen molar-refractivity contribution < 1.29 is 19.4 Å². The second-order valence-electron chi connectivity index (χ2n) is 7.48. The Labute approximate surface area is 177 Å². The molecular formula is C21H33N5O4. The second kappa shape index (κ2) is 13.0. The molecule has 1 heterocycles. The van der Waals surface area contributed by atoms with E-state index in [0.29, 0.717) is 38.5 Å². The largest absolute Gasteiger partial charge is 0.481 e. The number of methoxy groups -OCH3 is 1. The van der Waals surface area contributed by atoms with E-state index in [0.717, 1.165) is 30.6 Å². The van der Waals surface area contributed by atoms with E-state index in [2.05, 4.69) is 25.5 Å². The fourth-order valence-electron chi connectivity index (χ4n) is 3.34. The van der Waals surface area contributed by atoms with Crippen molar-refractivity contribution in [3.63, 3.8) is 0 Å². The number of nitrogens with one attached hydrogen (secondary N) is 1. The van der Waals surface area contributed by atoms with Gasteiger partial charge in [0.05, 0.1) is 25.7 Å². The number of aliphatic carboxylic acids is 1. The molecule has 0 saturated carbocycles. The third-order valence-electron chi connectivity index (χ3n) is 5.14. The number of aromatic amines is 1. The highest BCUT2D eigenvalue weighted by Gasteiger charge is 2.31. The van der Waals surface area contributed by atoms with Crippen molar-refractivity contribution in [2.24, 2.45) is 5.92 Å². The van der Waals surface area contributed by atoms with Gasteiger partial charge in [0.1, 0.15) is 0 Å². The van der Waals surface area contributed by atoms with E-state index < -0.39 is 11.9 Å². The van der Waals surface area contributed by atoms with Gasteiger partial charge in [-0.2, -0.15) is 5.21 Å². The van der Waals surface area contributed by atoms with Gasteiger partial charge in [-0.25, -0.2) is 0 Å². The first-order valence-corrected chi connectivity index (χ1v) is 10.3. The third-order valence-corrected chi connectivity index (χ3v) is 5.14. The van der Waals surface area contributed by atoms with Crippen molar-refractivity contribution in [2.45, 2.75) is 38.7 Å². The Balaban J connectivity index is 1.91. The van der Waals surface area contributed by atoms with Crippen LogP contribution in [0, 0.1) is 5.92 Å². The SMILES string of the molecule is CCC[C@H](C(=O)O)[C@H](Cc1ccc(COCCN(C)CCOC)cc1)c1nn[nH]n1. The molecule has 0 unspecified atom stereocenters. The molecule has 2 aromatic rings. The minimum Gasteiger partial charge on any atom is -0.481 e. The number of tetrazole rings is 1. The van der Waals surface area contributed by atoms with Crippen LogP contribution in [0.2, 0.25) is 0 Å². The Kier molecular flexibility index (Phi) is 10.4. The maximum Gasteiger partial charge on any atom is 0.307 e. The van der Waals surface area contributed by atoms with Crippen molar-refractivity contribution in [1.29, 1.82) is 0 Å². The summed E-state index contributed by atoms with van der Waals surface area (Å²) in [6.07, 6.45) is 1.89. The number of H-pyrrole nitrogens is 1. The second-order valence-corrected chi connectivity index (χ2v) is 7.48. The van der Waals surface area contributed by atoms with Gasteiger partial charge in [0.15, 0.2) is 5.82 Å². The molecule has 0 fully saturated rings. The summed E-state index contributed by atoms with van der Waals surface area (Å²) in [6.45, 7) is 5.61. The molecule has 9 nitrogen and oxygen atoms in total. The van der Waals surface area contributed by atoms with E-state index in [1.54, 1.807) is 7.11 Å². The van der Waals surface area contributed by atoms with Gasteiger partial charge in [-0.05, 0) is 31.0 Å². The molecule has 2 N–H and O–H groups in total. The van der Waals surface area contributed by atoms with E-state index in [1.807, 2.05) is 38.2 Å². The number of benzene rings is 1. The van der Waals surface area contributed by atoms with E-state index in [1.165, 1.54) is 0 Å². The number of carboxylic acid groups (broad SMARTS) is 1. The normalized spacial score (nSPS) is 13.5. The molecule has 0 saturated heterocycles. The summed E-state index contributed by atoms with van der Waals surface area (Å²) >= 11 is 0. The highest BCUT2D eigenvalue weighted by Crippen LogP contribution is 2.30. The summed E-state index contributed by atoms with van der Waals surface area (Å²) in [5.74, 6) is -1.26. The number of ether oxygens (including phenoxy) is 2. The molecule has 0 aliphatic heterocycles. The Bertz CT molecular complexity index is 724. The first-order valence-electron chi connectivity index (χ1n) is 10.3. The standard InChI is InChI=1S/C21H33N5O4/c1-4-5-18(21(27)28)19(20-22-24-25-23-20)14-16-6-8-17(9-7-16)15-30-13-11-26(2)10-12-29-3/h6-9,18-19H,4-5,10-15H2,1-3H3,(H,27,28)(H,22,23,24,25)/t18-,19-/m0/s1. The molecule has 0 amide bonds. The molecule has 2 atom stereocenters. The van der Waals surface area contributed by atoms with Crippen LogP contribution in [0.25, 0.3) is 0 Å². The van der Waals surface area contributed by atoms with Crippen LogP contribution in [0.15, 0.2) is 24.3 Å². The Morgan fingerprint density at radius 1 is 1.20 bits per heavy atom. The Morgan fingerprint density at radius 2 is 1.90 bits per heavy atom. The zero-order valence-electron chi connectivity index (χ0n) is 18.1. The average molecular weight is 420 g/mol. The zero-order chi connectivity index (χ0) is 21.8. The summed E-state index contributed by atoms with van der Waals surface area (Å²) in [4.78, 5) is 14.0. The van der Waals surface area contributed by atoms with E-state index in [-0.39, 0.29) is 5.92 Å². The molecule has 0 spiro atoms. The minimum absolute atomic E-state index is 0.328. The number of aromatic nitrogens is 4. The number of hydrogen-bond donors (Lipinski definition) is 2. The molecule has 2 rings (SSSR count). The zero-order valence-corrected chi connectivity index (χ0v) is 18.1. The summed E-state index contributed by atoms with van der Waals surface area (Å²) < 4.78 is 10.8. The predicted molar refractivity (Wildman–Crippen MR) is 112 cm³/mol. The van der Waals surface area contributed by atoms with Crippen molar-refractivity contribution in [3.8, 4) is 0 Å². The van der Waals surface area contributed by atoms with Crippen LogP contribution in [-0.4, -0.2) is 77.1 Å². The number of likely N-dealkylation sites (N-methyl/N-ethyl adjacent to an activating group) is 1. The minimum atomic E-state index is -0.827. The van der Waals surface area contributed by atoms with Crippen LogP contribution < -0.4 is 0 Å². The predicted octanol–water partition coefficient (Wildman–Crippen LogP) is 2.12. The van der Waals surface area contributed by atoms with Crippen LogP contribution in [0.5, 0.6) is 0 Å². The lowest BCUT2D eigenvalue weighted by Gasteiger charge is -2.21. The van der Waals surface area contributed by atoms with Gasteiger partial charge < -0.3 is 19.5 Å². The maximum absolute atomic E-state index is 11.8. The van der Waals surface area contributed by atoms with Crippen LogP contribution in [-0.2, 0) is 27.3 Å². The summed E-state index contributed by atoms with van der Waals surface area (Å²) in [6, 6.07) is 8.07. The van der Waals surface area contributed by atoms with Crippen molar-refractivity contribution in [1.82, 2.24) is 25.5 Å². The smallest absolute Gasteiger partial charge is 0.307 e. The first-order chi connectivity index (χ1) is 14.5. The summed E-state index contributed by atoms with van der Waals surface area (Å²) in [5, 5.41) is 23.9. The molecule has 1 aromatic heterocycles. The van der Waals surface area contributed by atoms with Gasteiger partial charge in [0.25, 0.3) is 0 Å². The molecule has 0 aliphatic carbocycles. The molecule has 30 heavy (non-hydrogen) atoms. The summed E-state index contributed by atoms with van der Waals surface area (Å²) in [5.41, 5.74) is 2.12. The molecule has 166 valence electrons. The van der Waals surface area contributed by atoms with Crippen LogP contribution in [0.1, 0.15) is 42.6 Å². The molecule has 9 heteroatoms. The molecular weight excluding hydrogens is 386 g/mol. The lowest BCUT2D eigenvalue weighted by atomic mass is 9.83. The lowest BCUT2D eigenvalue weighted by molar-refractivity contribution is -0.142. The number of hydrogen-bond acceptors (Lipinski definition) is 7. The number of nitrogens with zero attached hydrogens (tertiary/aromatic N) is 4. The topological polar surface area (TPSA) is 113 Å². The molecule has 0 aliphatic rings. The number of carbonyl (C=O) groups is 1. The van der Waals surface area contributed by atoms with Gasteiger partial charge in [-0.3, -0.25) is 4.79 Å². The quantitative estimate of drug-likeness (QED) is 0.422.